The van der Waals surface area contributed by atoms with Crippen LogP contribution < -0.4 is 5.32 Å². The average molecular weight is 163 g/mol. The lowest BCUT2D eigenvalue weighted by molar-refractivity contribution is 0.0965. The second kappa shape index (κ2) is 2.24. The minimum Gasteiger partial charge on any atom is -0.508 e. The number of aromatic hydroxyl groups is 1. The Labute approximate surface area is 70.0 Å². The number of amides is 1. The van der Waals surface area contributed by atoms with Gasteiger partial charge in [-0.15, -0.1) is 0 Å². The molecule has 1 heterocycles. The van der Waals surface area contributed by atoms with Crippen LogP contribution in [0, 0.1) is 6.92 Å². The second-order valence-corrected chi connectivity index (χ2v) is 2.98. The molecule has 0 fully saturated rings. The van der Waals surface area contributed by atoms with E-state index in [1.807, 2.05) is 13.0 Å². The van der Waals surface area contributed by atoms with E-state index in [4.69, 9.17) is 0 Å². The summed E-state index contributed by atoms with van der Waals surface area (Å²) in [6.07, 6.45) is 0. The minimum absolute atomic E-state index is 0.0969. The Morgan fingerprint density at radius 3 is 3.00 bits per heavy atom. The fourth-order valence-electron chi connectivity index (χ4n) is 1.38. The molecule has 0 aromatic heterocycles. The van der Waals surface area contributed by atoms with E-state index in [1.165, 1.54) is 6.07 Å². The lowest BCUT2D eigenvalue weighted by atomic mass is 10.1. The fourth-order valence-corrected chi connectivity index (χ4v) is 1.38. The van der Waals surface area contributed by atoms with E-state index < -0.39 is 0 Å². The molecule has 1 aromatic carbocycles. The third-order valence-corrected chi connectivity index (χ3v) is 2.11. The van der Waals surface area contributed by atoms with Gasteiger partial charge in [0.05, 0.1) is 0 Å². The average Bonchev–Trinajstić information content (AvgIpc) is 2.35. The van der Waals surface area contributed by atoms with Crippen molar-refractivity contribution in [2.75, 3.05) is 0 Å². The number of carbonyl (C=O) groups is 1. The van der Waals surface area contributed by atoms with Crippen molar-refractivity contribution in [3.05, 3.63) is 28.8 Å². The van der Waals surface area contributed by atoms with Crippen LogP contribution in [-0.2, 0) is 6.54 Å². The van der Waals surface area contributed by atoms with Crippen molar-refractivity contribution in [3.63, 3.8) is 0 Å². The van der Waals surface area contributed by atoms with Gasteiger partial charge in [0, 0.05) is 12.1 Å². The van der Waals surface area contributed by atoms with Gasteiger partial charge < -0.3 is 10.4 Å². The summed E-state index contributed by atoms with van der Waals surface area (Å²) in [5.74, 6) is 0.0890. The lowest BCUT2D eigenvalue weighted by Gasteiger charge is -2.00. The Morgan fingerprint density at radius 1 is 1.50 bits per heavy atom. The van der Waals surface area contributed by atoms with Crippen LogP contribution in [0.3, 0.4) is 0 Å². The molecule has 3 heteroatoms. The molecule has 1 amide bonds. The zero-order chi connectivity index (χ0) is 8.72. The minimum atomic E-state index is -0.0969. The van der Waals surface area contributed by atoms with Crippen molar-refractivity contribution in [1.29, 1.82) is 0 Å². The fraction of sp³-hybridized carbons (Fsp3) is 0.222. The van der Waals surface area contributed by atoms with E-state index in [9.17, 15) is 9.90 Å². The number of benzene rings is 1. The molecule has 0 aliphatic carbocycles. The first kappa shape index (κ1) is 7.16. The quantitative estimate of drug-likeness (QED) is 0.598. The molecule has 2 N–H and O–H groups in total. The Kier molecular flexibility index (Phi) is 1.33. The van der Waals surface area contributed by atoms with Gasteiger partial charge in [0.25, 0.3) is 5.91 Å². The molecule has 1 aliphatic rings. The Bertz CT molecular complexity index is 358. The molecule has 1 aliphatic heterocycles. The third-order valence-electron chi connectivity index (χ3n) is 2.11. The van der Waals surface area contributed by atoms with Gasteiger partial charge in [-0.05, 0) is 30.2 Å². The van der Waals surface area contributed by atoms with Gasteiger partial charge in [0.2, 0.25) is 0 Å². The topological polar surface area (TPSA) is 49.3 Å². The van der Waals surface area contributed by atoms with E-state index >= 15 is 0 Å². The standard InChI is InChI=1S/C9H9NO2/c1-5-2-6-4-10-9(12)7(6)3-8(5)11/h2-3,11H,4H2,1H3,(H,10,12). The number of aryl methyl sites for hydroxylation is 1. The van der Waals surface area contributed by atoms with Crippen LogP contribution in [0.25, 0.3) is 0 Å². The Balaban J connectivity index is 2.63. The van der Waals surface area contributed by atoms with Crippen molar-refractivity contribution in [2.24, 2.45) is 0 Å². The number of hydrogen-bond acceptors (Lipinski definition) is 2. The van der Waals surface area contributed by atoms with Crippen LogP contribution in [0.15, 0.2) is 12.1 Å². The van der Waals surface area contributed by atoms with E-state index in [-0.39, 0.29) is 11.7 Å². The van der Waals surface area contributed by atoms with Gasteiger partial charge in [-0.3, -0.25) is 4.79 Å². The molecule has 2 rings (SSSR count). The lowest BCUT2D eigenvalue weighted by Crippen LogP contribution is -2.12. The maximum atomic E-state index is 11.1. The zero-order valence-electron chi connectivity index (χ0n) is 6.72. The van der Waals surface area contributed by atoms with Crippen molar-refractivity contribution in [1.82, 2.24) is 5.32 Å². The highest BCUT2D eigenvalue weighted by Gasteiger charge is 2.19. The molecule has 1 aromatic rings. The van der Waals surface area contributed by atoms with E-state index in [0.29, 0.717) is 12.1 Å². The van der Waals surface area contributed by atoms with Gasteiger partial charge in [-0.2, -0.15) is 0 Å². The van der Waals surface area contributed by atoms with Crippen molar-refractivity contribution >= 4 is 5.91 Å². The highest BCUT2D eigenvalue weighted by atomic mass is 16.3. The number of phenols is 1. The van der Waals surface area contributed by atoms with Gasteiger partial charge in [-0.25, -0.2) is 0 Å². The molecule has 3 nitrogen and oxygen atoms in total. The Morgan fingerprint density at radius 2 is 2.25 bits per heavy atom. The summed E-state index contributed by atoms with van der Waals surface area (Å²) in [5, 5.41) is 12.0. The van der Waals surface area contributed by atoms with Gasteiger partial charge in [0.1, 0.15) is 5.75 Å². The first-order valence-corrected chi connectivity index (χ1v) is 3.79. The van der Waals surface area contributed by atoms with Crippen LogP contribution in [-0.4, -0.2) is 11.0 Å². The monoisotopic (exact) mass is 163 g/mol. The summed E-state index contributed by atoms with van der Waals surface area (Å²) in [4.78, 5) is 11.1. The summed E-state index contributed by atoms with van der Waals surface area (Å²) in [7, 11) is 0. The predicted molar refractivity (Wildman–Crippen MR) is 44.0 cm³/mol. The summed E-state index contributed by atoms with van der Waals surface area (Å²) in [5.41, 5.74) is 2.37. The van der Waals surface area contributed by atoms with Crippen LogP contribution in [0.1, 0.15) is 21.5 Å². The molecular formula is C9H9NO2. The summed E-state index contributed by atoms with van der Waals surface area (Å²) in [6, 6.07) is 3.36. The number of nitrogens with one attached hydrogen (secondary N) is 1. The van der Waals surface area contributed by atoms with E-state index in [2.05, 4.69) is 5.32 Å². The maximum absolute atomic E-state index is 11.1. The van der Waals surface area contributed by atoms with Crippen LogP contribution in [0.2, 0.25) is 0 Å². The molecular weight excluding hydrogens is 154 g/mol. The molecule has 0 radical (unpaired) electrons. The summed E-state index contributed by atoms with van der Waals surface area (Å²) in [6.45, 7) is 2.40. The first-order chi connectivity index (χ1) is 5.68. The summed E-state index contributed by atoms with van der Waals surface area (Å²) < 4.78 is 0. The highest BCUT2D eigenvalue weighted by molar-refractivity contribution is 5.98. The Hall–Kier alpha value is -1.51. The van der Waals surface area contributed by atoms with Crippen molar-refractivity contribution in [2.45, 2.75) is 13.5 Å². The van der Waals surface area contributed by atoms with Gasteiger partial charge in [0.15, 0.2) is 0 Å². The number of hydrogen-bond donors (Lipinski definition) is 2. The van der Waals surface area contributed by atoms with Gasteiger partial charge >= 0.3 is 0 Å². The summed E-state index contributed by atoms with van der Waals surface area (Å²) >= 11 is 0. The SMILES string of the molecule is Cc1cc2c(cc1O)C(=O)NC2. The smallest absolute Gasteiger partial charge is 0.252 e. The van der Waals surface area contributed by atoms with Crippen molar-refractivity contribution in [3.8, 4) is 5.75 Å². The molecule has 0 spiro atoms. The number of phenolic OH excluding ortho intramolecular Hbond substituents is 1. The normalized spacial score (nSPS) is 14.2. The predicted octanol–water partition coefficient (Wildman–Crippen LogP) is 0.944. The van der Waals surface area contributed by atoms with E-state index in [0.717, 1.165) is 11.1 Å². The number of fused-ring (bicyclic) bond motifs is 1. The molecule has 0 bridgehead atoms. The third kappa shape index (κ3) is 0.863. The van der Waals surface area contributed by atoms with Crippen LogP contribution in [0.4, 0.5) is 0 Å². The number of rotatable bonds is 0. The second-order valence-electron chi connectivity index (χ2n) is 2.98. The maximum Gasteiger partial charge on any atom is 0.252 e. The molecule has 0 atom stereocenters. The molecule has 0 saturated heterocycles. The van der Waals surface area contributed by atoms with Crippen molar-refractivity contribution < 1.29 is 9.90 Å². The van der Waals surface area contributed by atoms with E-state index in [1.54, 1.807) is 0 Å². The number of carbonyl (C=O) groups excluding carboxylic acids is 1. The first-order valence-electron chi connectivity index (χ1n) is 3.79. The van der Waals surface area contributed by atoms with Crippen LogP contribution >= 0.6 is 0 Å². The zero-order valence-corrected chi connectivity index (χ0v) is 6.72. The van der Waals surface area contributed by atoms with Crippen LogP contribution in [0.5, 0.6) is 5.75 Å². The van der Waals surface area contributed by atoms with Gasteiger partial charge in [-0.1, -0.05) is 0 Å². The molecule has 62 valence electrons. The highest BCUT2D eigenvalue weighted by Crippen LogP contribution is 2.24. The molecule has 12 heavy (non-hydrogen) atoms. The largest absolute Gasteiger partial charge is 0.508 e. The molecule has 0 unspecified atom stereocenters. The molecule has 0 saturated carbocycles.